The van der Waals surface area contributed by atoms with E-state index in [0.29, 0.717) is 5.92 Å². The van der Waals surface area contributed by atoms with Crippen molar-refractivity contribution >= 4 is 11.7 Å². The molecule has 0 spiro atoms. The molecule has 0 saturated carbocycles. The van der Waals surface area contributed by atoms with E-state index in [1.165, 1.54) is 12.5 Å². The molecule has 0 aliphatic carbocycles. The Hall–Kier alpha value is -1.68. The van der Waals surface area contributed by atoms with Gasteiger partial charge in [0.2, 0.25) is 5.91 Å². The van der Waals surface area contributed by atoms with Crippen LogP contribution in [-0.2, 0) is 9.59 Å². The fraction of sp³-hybridized carbons (Fsp3) is 0.579. The minimum absolute atomic E-state index is 0.0312. The van der Waals surface area contributed by atoms with E-state index in [9.17, 15) is 9.59 Å². The highest BCUT2D eigenvalue weighted by Crippen LogP contribution is 2.26. The molecule has 1 aromatic carbocycles. The maximum atomic E-state index is 12.1. The second-order valence-electron chi connectivity index (χ2n) is 6.55. The van der Waals surface area contributed by atoms with Crippen molar-refractivity contribution in [1.29, 1.82) is 0 Å². The molecule has 1 heterocycles. The molecular formula is C19H28N2O2. The van der Waals surface area contributed by atoms with E-state index in [-0.39, 0.29) is 17.6 Å². The van der Waals surface area contributed by atoms with Gasteiger partial charge in [-0.05, 0) is 56.3 Å². The van der Waals surface area contributed by atoms with Crippen LogP contribution in [0.1, 0.15) is 63.1 Å². The average molecular weight is 316 g/mol. The summed E-state index contributed by atoms with van der Waals surface area (Å²) in [6.45, 7) is 7.51. The molecule has 1 aliphatic heterocycles. The molecule has 1 amide bonds. The summed E-state index contributed by atoms with van der Waals surface area (Å²) in [5.41, 5.74) is 2.19. The minimum atomic E-state index is -0.543. The van der Waals surface area contributed by atoms with E-state index < -0.39 is 6.04 Å². The van der Waals surface area contributed by atoms with Crippen molar-refractivity contribution in [3.8, 4) is 0 Å². The molecule has 2 rings (SSSR count). The van der Waals surface area contributed by atoms with Crippen molar-refractivity contribution in [2.45, 2.75) is 52.0 Å². The van der Waals surface area contributed by atoms with Gasteiger partial charge in [-0.3, -0.25) is 9.59 Å². The maximum absolute atomic E-state index is 12.1. The molecule has 2 N–H and O–H groups in total. The third-order valence-electron chi connectivity index (χ3n) is 4.83. The molecule has 1 fully saturated rings. The number of Topliss-reactive ketones (excluding diaryl/α,β-unsaturated/α-hetero) is 1. The first kappa shape index (κ1) is 17.7. The Bertz CT molecular complexity index is 533. The van der Waals surface area contributed by atoms with Crippen LogP contribution in [0.5, 0.6) is 0 Å². The van der Waals surface area contributed by atoms with E-state index in [2.05, 4.69) is 22.8 Å². The Morgan fingerprint density at radius 3 is 2.35 bits per heavy atom. The molecule has 1 aliphatic rings. The van der Waals surface area contributed by atoms with Gasteiger partial charge in [0.1, 0.15) is 6.04 Å². The van der Waals surface area contributed by atoms with E-state index >= 15 is 0 Å². The second kappa shape index (κ2) is 8.25. The first-order valence-electron chi connectivity index (χ1n) is 8.64. The molecule has 23 heavy (non-hydrogen) atoms. The lowest BCUT2D eigenvalue weighted by Crippen LogP contribution is -2.36. The van der Waals surface area contributed by atoms with Gasteiger partial charge in [0.05, 0.1) is 0 Å². The topological polar surface area (TPSA) is 58.2 Å². The minimum Gasteiger partial charge on any atom is -0.342 e. The number of benzene rings is 1. The summed E-state index contributed by atoms with van der Waals surface area (Å²) in [6.07, 6.45) is 3.07. The second-order valence-corrected chi connectivity index (χ2v) is 6.55. The van der Waals surface area contributed by atoms with E-state index in [4.69, 9.17) is 0 Å². The van der Waals surface area contributed by atoms with Gasteiger partial charge in [-0.15, -0.1) is 0 Å². The molecule has 0 aromatic heterocycles. The standard InChI is InChI=1S/C19H28N2O2/c1-4-13(2)19(23)21-18(14(3)22)17-7-5-15(6-8-17)16-9-11-20-12-10-16/h5-8,13,16,18,20H,4,9-12H2,1-3H3,(H,21,23). The van der Waals surface area contributed by atoms with Crippen molar-refractivity contribution in [1.82, 2.24) is 10.6 Å². The van der Waals surface area contributed by atoms with Gasteiger partial charge >= 0.3 is 0 Å². The summed E-state index contributed by atoms with van der Waals surface area (Å²) in [6, 6.07) is 7.65. The van der Waals surface area contributed by atoms with Crippen molar-refractivity contribution in [2.24, 2.45) is 5.92 Å². The molecule has 2 atom stereocenters. The van der Waals surface area contributed by atoms with Crippen molar-refractivity contribution in [3.05, 3.63) is 35.4 Å². The van der Waals surface area contributed by atoms with Crippen LogP contribution in [0.3, 0.4) is 0 Å². The molecule has 0 radical (unpaired) electrons. The Morgan fingerprint density at radius 1 is 1.22 bits per heavy atom. The van der Waals surface area contributed by atoms with Gasteiger partial charge in [-0.2, -0.15) is 0 Å². The number of rotatable bonds is 6. The predicted molar refractivity (Wildman–Crippen MR) is 92.3 cm³/mol. The number of ketones is 1. The third kappa shape index (κ3) is 4.64. The monoisotopic (exact) mass is 316 g/mol. The van der Waals surface area contributed by atoms with Crippen LogP contribution in [0.15, 0.2) is 24.3 Å². The highest BCUT2D eigenvalue weighted by atomic mass is 16.2. The summed E-state index contributed by atoms with van der Waals surface area (Å²) < 4.78 is 0. The predicted octanol–water partition coefficient (Wildman–Crippen LogP) is 2.95. The molecular weight excluding hydrogens is 288 g/mol. The van der Waals surface area contributed by atoms with Gasteiger partial charge < -0.3 is 10.6 Å². The van der Waals surface area contributed by atoms with Gasteiger partial charge in [0.25, 0.3) is 0 Å². The summed E-state index contributed by atoms with van der Waals surface area (Å²) >= 11 is 0. The number of carbonyl (C=O) groups is 2. The van der Waals surface area contributed by atoms with E-state index in [1.807, 2.05) is 26.0 Å². The Kier molecular flexibility index (Phi) is 6.34. The normalized spacial score (nSPS) is 18.2. The third-order valence-corrected chi connectivity index (χ3v) is 4.83. The molecule has 4 heteroatoms. The van der Waals surface area contributed by atoms with Gasteiger partial charge in [-0.25, -0.2) is 0 Å². The molecule has 2 unspecified atom stereocenters. The zero-order chi connectivity index (χ0) is 16.8. The van der Waals surface area contributed by atoms with E-state index in [0.717, 1.165) is 37.9 Å². The lowest BCUT2D eigenvalue weighted by atomic mass is 9.89. The fourth-order valence-corrected chi connectivity index (χ4v) is 3.01. The van der Waals surface area contributed by atoms with Crippen LogP contribution in [0.2, 0.25) is 0 Å². The molecule has 1 saturated heterocycles. The number of amides is 1. The van der Waals surface area contributed by atoms with Crippen LogP contribution < -0.4 is 10.6 Å². The SMILES string of the molecule is CCC(C)C(=O)NC(C(C)=O)c1ccc(C2CCNCC2)cc1. The molecule has 0 bridgehead atoms. The lowest BCUT2D eigenvalue weighted by molar-refractivity contribution is -0.129. The van der Waals surface area contributed by atoms with Crippen molar-refractivity contribution in [2.75, 3.05) is 13.1 Å². The average Bonchev–Trinajstić information content (AvgIpc) is 2.59. The number of piperidine rings is 1. The number of carbonyl (C=O) groups excluding carboxylic acids is 2. The van der Waals surface area contributed by atoms with Crippen LogP contribution in [0.25, 0.3) is 0 Å². The Balaban J connectivity index is 2.10. The Morgan fingerprint density at radius 2 is 1.83 bits per heavy atom. The van der Waals surface area contributed by atoms with Crippen molar-refractivity contribution < 1.29 is 9.59 Å². The highest BCUT2D eigenvalue weighted by molar-refractivity contribution is 5.89. The summed E-state index contributed by atoms with van der Waals surface area (Å²) in [7, 11) is 0. The smallest absolute Gasteiger partial charge is 0.223 e. The van der Waals surface area contributed by atoms with Crippen LogP contribution in [-0.4, -0.2) is 24.8 Å². The molecule has 126 valence electrons. The zero-order valence-electron chi connectivity index (χ0n) is 14.4. The first-order valence-corrected chi connectivity index (χ1v) is 8.64. The van der Waals surface area contributed by atoms with Gasteiger partial charge in [0.15, 0.2) is 5.78 Å². The number of hydrogen-bond donors (Lipinski definition) is 2. The number of nitrogens with one attached hydrogen (secondary N) is 2. The summed E-state index contributed by atoms with van der Waals surface area (Å²) in [4.78, 5) is 24.1. The summed E-state index contributed by atoms with van der Waals surface area (Å²) in [5, 5.41) is 6.26. The maximum Gasteiger partial charge on any atom is 0.223 e. The van der Waals surface area contributed by atoms with Crippen LogP contribution in [0, 0.1) is 5.92 Å². The molecule has 4 nitrogen and oxygen atoms in total. The molecule has 1 aromatic rings. The summed E-state index contributed by atoms with van der Waals surface area (Å²) in [5.74, 6) is 0.424. The largest absolute Gasteiger partial charge is 0.342 e. The zero-order valence-corrected chi connectivity index (χ0v) is 14.4. The Labute approximate surface area is 139 Å². The van der Waals surface area contributed by atoms with E-state index in [1.54, 1.807) is 0 Å². The first-order chi connectivity index (χ1) is 11.0. The quantitative estimate of drug-likeness (QED) is 0.848. The van der Waals surface area contributed by atoms with Crippen LogP contribution >= 0.6 is 0 Å². The van der Waals surface area contributed by atoms with Crippen LogP contribution in [0.4, 0.5) is 0 Å². The van der Waals surface area contributed by atoms with Crippen molar-refractivity contribution in [3.63, 3.8) is 0 Å². The fourth-order valence-electron chi connectivity index (χ4n) is 3.01. The number of hydrogen-bond acceptors (Lipinski definition) is 3. The van der Waals surface area contributed by atoms with Gasteiger partial charge in [0, 0.05) is 5.92 Å². The highest BCUT2D eigenvalue weighted by Gasteiger charge is 2.22. The lowest BCUT2D eigenvalue weighted by Gasteiger charge is -2.24. The van der Waals surface area contributed by atoms with Gasteiger partial charge in [-0.1, -0.05) is 38.1 Å².